The highest BCUT2D eigenvalue weighted by atomic mass is 35.5. The maximum Gasteiger partial charge on any atom is 0.233 e. The Morgan fingerprint density at radius 1 is 1.37 bits per heavy atom. The van der Waals surface area contributed by atoms with E-state index in [1.165, 1.54) is 11.8 Å². The molecule has 0 radical (unpaired) electrons. The van der Waals surface area contributed by atoms with E-state index in [2.05, 4.69) is 10.6 Å². The number of carbonyl (C=O) groups excluding carboxylic acids is 1. The second kappa shape index (κ2) is 9.72. The maximum absolute atomic E-state index is 11.8. The fourth-order valence-electron chi connectivity index (χ4n) is 1.27. The van der Waals surface area contributed by atoms with Crippen molar-refractivity contribution in [1.82, 2.24) is 10.6 Å². The van der Waals surface area contributed by atoms with Gasteiger partial charge < -0.3 is 10.6 Å². The van der Waals surface area contributed by atoms with Gasteiger partial charge in [-0.15, -0.1) is 24.2 Å². The quantitative estimate of drug-likeness (QED) is 0.615. The molecule has 0 heterocycles. The Labute approximate surface area is 134 Å². The summed E-state index contributed by atoms with van der Waals surface area (Å²) in [5.41, 5.74) is 0. The van der Waals surface area contributed by atoms with Crippen LogP contribution in [0.15, 0.2) is 23.1 Å². The van der Waals surface area contributed by atoms with Gasteiger partial charge in [0.1, 0.15) is 0 Å². The summed E-state index contributed by atoms with van der Waals surface area (Å²) in [5.74, 6) is -0.00806. The van der Waals surface area contributed by atoms with Gasteiger partial charge in [-0.2, -0.15) is 0 Å². The van der Waals surface area contributed by atoms with Gasteiger partial charge in [0.05, 0.1) is 10.3 Å². The van der Waals surface area contributed by atoms with Crippen molar-refractivity contribution in [2.75, 3.05) is 20.1 Å². The van der Waals surface area contributed by atoms with Crippen LogP contribution < -0.4 is 10.6 Å². The molecule has 0 aromatic heterocycles. The molecule has 0 bridgehead atoms. The Morgan fingerprint density at radius 2 is 2.05 bits per heavy atom. The molecule has 1 amide bonds. The molecule has 0 aliphatic heterocycles. The first kappa shape index (κ1) is 18.9. The number of carbonyl (C=O) groups is 1. The highest BCUT2D eigenvalue weighted by Crippen LogP contribution is 2.32. The van der Waals surface area contributed by atoms with Crippen molar-refractivity contribution < 1.29 is 4.79 Å². The zero-order chi connectivity index (χ0) is 13.5. The third-order valence-electron chi connectivity index (χ3n) is 2.24. The van der Waals surface area contributed by atoms with Gasteiger partial charge in [0.25, 0.3) is 0 Å². The molecule has 1 aromatic carbocycles. The second-order valence-electron chi connectivity index (χ2n) is 3.73. The summed E-state index contributed by atoms with van der Waals surface area (Å²) in [4.78, 5) is 12.6. The highest BCUT2D eigenvalue weighted by Gasteiger charge is 2.15. The Balaban J connectivity index is 0.00000324. The lowest BCUT2D eigenvalue weighted by molar-refractivity contribution is -0.120. The molecule has 7 heteroatoms. The van der Waals surface area contributed by atoms with E-state index in [0.717, 1.165) is 11.4 Å². The van der Waals surface area contributed by atoms with Crippen molar-refractivity contribution in [3.05, 3.63) is 28.2 Å². The normalized spacial score (nSPS) is 11.6. The highest BCUT2D eigenvalue weighted by molar-refractivity contribution is 8.00. The molecule has 0 aliphatic carbocycles. The molecular weight excluding hydrogens is 327 g/mol. The van der Waals surface area contributed by atoms with Crippen molar-refractivity contribution in [3.8, 4) is 0 Å². The molecule has 0 aliphatic rings. The summed E-state index contributed by atoms with van der Waals surface area (Å²) < 4.78 is 0. The number of hydrogen-bond donors (Lipinski definition) is 2. The molecule has 108 valence electrons. The fraction of sp³-hybridized carbons (Fsp3) is 0.417. The number of hydrogen-bond acceptors (Lipinski definition) is 3. The van der Waals surface area contributed by atoms with E-state index in [0.29, 0.717) is 16.6 Å². The van der Waals surface area contributed by atoms with E-state index in [9.17, 15) is 4.79 Å². The van der Waals surface area contributed by atoms with Gasteiger partial charge in [-0.25, -0.2) is 0 Å². The first-order valence-corrected chi connectivity index (χ1v) is 7.22. The molecule has 0 saturated carbocycles. The fourth-order valence-corrected chi connectivity index (χ4v) is 2.70. The molecule has 2 N–H and O–H groups in total. The Morgan fingerprint density at radius 3 is 2.68 bits per heavy atom. The molecule has 19 heavy (non-hydrogen) atoms. The van der Waals surface area contributed by atoms with Crippen LogP contribution in [-0.4, -0.2) is 31.3 Å². The predicted octanol–water partition coefficient (Wildman–Crippen LogP) is 3.23. The molecule has 0 saturated heterocycles. The smallest absolute Gasteiger partial charge is 0.233 e. The van der Waals surface area contributed by atoms with Crippen molar-refractivity contribution >= 4 is 53.3 Å². The first-order chi connectivity index (χ1) is 8.54. The lowest BCUT2D eigenvalue weighted by Crippen LogP contribution is -2.35. The minimum atomic E-state index is -0.210. The monoisotopic (exact) mass is 342 g/mol. The minimum absolute atomic E-state index is 0. The maximum atomic E-state index is 11.8. The molecular formula is C12H17Cl3N2OS. The van der Waals surface area contributed by atoms with Gasteiger partial charge in [-0.05, 0) is 32.2 Å². The number of rotatable bonds is 6. The summed E-state index contributed by atoms with van der Waals surface area (Å²) in [7, 11) is 1.84. The number of benzene rings is 1. The van der Waals surface area contributed by atoms with E-state index < -0.39 is 0 Å². The number of nitrogens with one attached hydrogen (secondary N) is 2. The van der Waals surface area contributed by atoms with Gasteiger partial charge in [-0.1, -0.05) is 23.2 Å². The summed E-state index contributed by atoms with van der Waals surface area (Å²) in [6.45, 7) is 3.21. The third-order valence-corrected chi connectivity index (χ3v) is 4.08. The predicted molar refractivity (Wildman–Crippen MR) is 86.0 cm³/mol. The summed E-state index contributed by atoms with van der Waals surface area (Å²) >= 11 is 13.4. The summed E-state index contributed by atoms with van der Waals surface area (Å²) in [6, 6.07) is 5.23. The van der Waals surface area contributed by atoms with Crippen LogP contribution in [0.4, 0.5) is 0 Å². The summed E-state index contributed by atoms with van der Waals surface area (Å²) in [5, 5.41) is 6.82. The Bertz CT molecular complexity index is 418. The first-order valence-electron chi connectivity index (χ1n) is 5.58. The molecule has 1 rings (SSSR count). The Hall–Kier alpha value is -0.130. The van der Waals surface area contributed by atoms with Crippen LogP contribution in [0.3, 0.4) is 0 Å². The number of halogens is 3. The van der Waals surface area contributed by atoms with Crippen molar-refractivity contribution in [1.29, 1.82) is 0 Å². The largest absolute Gasteiger partial charge is 0.354 e. The van der Waals surface area contributed by atoms with Gasteiger partial charge in [0, 0.05) is 23.0 Å². The lowest BCUT2D eigenvalue weighted by Gasteiger charge is -2.13. The van der Waals surface area contributed by atoms with Crippen LogP contribution >= 0.6 is 47.4 Å². The van der Waals surface area contributed by atoms with E-state index in [4.69, 9.17) is 23.2 Å². The minimum Gasteiger partial charge on any atom is -0.354 e. The average molecular weight is 344 g/mol. The standard InChI is InChI=1S/C12H16Cl2N2OS.ClH/c1-8(12(17)16-6-5-15-2)18-11-7-9(13)3-4-10(11)14;/h3-4,7-8,15H,5-6H2,1-2H3,(H,16,17);1H. The number of amides is 1. The van der Waals surface area contributed by atoms with Crippen molar-refractivity contribution in [3.63, 3.8) is 0 Å². The zero-order valence-electron chi connectivity index (χ0n) is 10.7. The van der Waals surface area contributed by atoms with Gasteiger partial charge in [0.15, 0.2) is 0 Å². The van der Waals surface area contributed by atoms with Gasteiger partial charge in [0.2, 0.25) is 5.91 Å². The van der Waals surface area contributed by atoms with E-state index >= 15 is 0 Å². The topological polar surface area (TPSA) is 41.1 Å². The zero-order valence-corrected chi connectivity index (χ0v) is 13.8. The van der Waals surface area contributed by atoms with Crippen molar-refractivity contribution in [2.45, 2.75) is 17.1 Å². The number of likely N-dealkylation sites (N-methyl/N-ethyl adjacent to an activating group) is 1. The van der Waals surface area contributed by atoms with Gasteiger partial charge >= 0.3 is 0 Å². The van der Waals surface area contributed by atoms with Crippen LogP contribution in [0, 0.1) is 0 Å². The lowest BCUT2D eigenvalue weighted by atomic mass is 10.4. The molecule has 0 spiro atoms. The molecule has 1 unspecified atom stereocenters. The van der Waals surface area contributed by atoms with E-state index in [1.807, 2.05) is 14.0 Å². The molecule has 1 aromatic rings. The molecule has 3 nitrogen and oxygen atoms in total. The van der Waals surface area contributed by atoms with Crippen LogP contribution in [0.5, 0.6) is 0 Å². The summed E-state index contributed by atoms with van der Waals surface area (Å²) in [6.07, 6.45) is 0. The average Bonchev–Trinajstić information content (AvgIpc) is 2.34. The SMILES string of the molecule is CNCCNC(=O)C(C)Sc1cc(Cl)ccc1Cl.Cl. The second-order valence-corrected chi connectivity index (χ2v) is 5.96. The van der Waals surface area contributed by atoms with Crippen molar-refractivity contribution in [2.24, 2.45) is 0 Å². The van der Waals surface area contributed by atoms with E-state index in [1.54, 1.807) is 18.2 Å². The number of thioether (sulfide) groups is 1. The van der Waals surface area contributed by atoms with E-state index in [-0.39, 0.29) is 23.6 Å². The molecule has 0 fully saturated rings. The van der Waals surface area contributed by atoms with Crippen LogP contribution in [0.1, 0.15) is 6.92 Å². The third kappa shape index (κ3) is 6.72. The van der Waals surface area contributed by atoms with Gasteiger partial charge in [-0.3, -0.25) is 4.79 Å². The van der Waals surface area contributed by atoms with Crippen LogP contribution in [-0.2, 0) is 4.79 Å². The van der Waals surface area contributed by atoms with Crippen LogP contribution in [0.25, 0.3) is 0 Å². The molecule has 1 atom stereocenters. The Kier molecular flexibility index (Phi) is 9.66. The van der Waals surface area contributed by atoms with Crippen LogP contribution in [0.2, 0.25) is 10.0 Å².